The second kappa shape index (κ2) is 3.70. The number of para-hydroxylation sites is 2. The van der Waals surface area contributed by atoms with Crippen LogP contribution in [0.4, 0.5) is 0 Å². The van der Waals surface area contributed by atoms with Crippen LogP contribution >= 0.6 is 0 Å². The van der Waals surface area contributed by atoms with Gasteiger partial charge in [-0.15, -0.1) is 0 Å². The lowest BCUT2D eigenvalue weighted by atomic mass is 10.0. The molecule has 0 atom stereocenters. The summed E-state index contributed by atoms with van der Waals surface area (Å²) in [5, 5.41) is 0. The Morgan fingerprint density at radius 1 is 0.944 bits per heavy atom. The predicted molar refractivity (Wildman–Crippen MR) is 73.5 cm³/mol. The molecule has 2 heterocycles. The summed E-state index contributed by atoms with van der Waals surface area (Å²) in [4.78, 5) is 4.82. The van der Waals surface area contributed by atoms with Gasteiger partial charge in [-0.25, -0.2) is 4.98 Å². The fourth-order valence-corrected chi connectivity index (χ4v) is 2.89. The third-order valence-corrected chi connectivity index (χ3v) is 3.74. The van der Waals surface area contributed by atoms with Crippen LogP contribution in [0.25, 0.3) is 22.4 Å². The van der Waals surface area contributed by atoms with Crippen LogP contribution in [-0.2, 0) is 13.0 Å². The molecule has 1 aliphatic heterocycles. The molecule has 0 spiro atoms. The van der Waals surface area contributed by atoms with Crippen molar-refractivity contribution >= 4 is 11.0 Å². The number of rotatable bonds is 0. The standard InChI is InChI=1S/C16H14N2/c1-2-8-13-12(6-1)7-5-11-18-15-10-4-3-9-14(15)17-16(13)18/h1-4,6,8-10H,5,7,11H2. The van der Waals surface area contributed by atoms with E-state index < -0.39 is 0 Å². The molecule has 2 nitrogen and oxygen atoms in total. The zero-order valence-electron chi connectivity index (χ0n) is 10.1. The molecule has 0 unspecified atom stereocenters. The SMILES string of the molecule is c1ccc2c(c1)CCCn1c-2nc2ccccc21. The maximum absolute atomic E-state index is 4.82. The average molecular weight is 234 g/mol. The Hall–Kier alpha value is -2.09. The summed E-state index contributed by atoms with van der Waals surface area (Å²) in [7, 11) is 0. The second-order valence-electron chi connectivity index (χ2n) is 4.84. The molecule has 0 bridgehead atoms. The van der Waals surface area contributed by atoms with Gasteiger partial charge < -0.3 is 4.57 Å². The fraction of sp³-hybridized carbons (Fsp3) is 0.188. The van der Waals surface area contributed by atoms with Crippen molar-refractivity contribution in [1.82, 2.24) is 9.55 Å². The van der Waals surface area contributed by atoms with Crippen LogP contribution in [-0.4, -0.2) is 9.55 Å². The first-order valence-corrected chi connectivity index (χ1v) is 6.47. The van der Waals surface area contributed by atoms with Crippen molar-refractivity contribution in [2.75, 3.05) is 0 Å². The van der Waals surface area contributed by atoms with Gasteiger partial charge >= 0.3 is 0 Å². The quantitative estimate of drug-likeness (QED) is 0.580. The van der Waals surface area contributed by atoms with Gasteiger partial charge in [0.25, 0.3) is 0 Å². The van der Waals surface area contributed by atoms with E-state index in [2.05, 4.69) is 53.1 Å². The maximum Gasteiger partial charge on any atom is 0.141 e. The number of nitrogens with zero attached hydrogens (tertiary/aromatic N) is 2. The van der Waals surface area contributed by atoms with Crippen LogP contribution in [0, 0.1) is 0 Å². The third kappa shape index (κ3) is 1.32. The van der Waals surface area contributed by atoms with Gasteiger partial charge in [-0.05, 0) is 30.5 Å². The topological polar surface area (TPSA) is 17.8 Å². The fourth-order valence-electron chi connectivity index (χ4n) is 2.89. The molecule has 2 aromatic carbocycles. The average Bonchev–Trinajstić information content (AvgIpc) is 2.69. The van der Waals surface area contributed by atoms with E-state index in [0.29, 0.717) is 0 Å². The van der Waals surface area contributed by atoms with Gasteiger partial charge in [0.15, 0.2) is 0 Å². The van der Waals surface area contributed by atoms with Crippen molar-refractivity contribution < 1.29 is 0 Å². The normalized spacial score (nSPS) is 14.0. The number of imidazole rings is 1. The van der Waals surface area contributed by atoms with E-state index in [1.807, 2.05) is 0 Å². The van der Waals surface area contributed by atoms with Crippen molar-refractivity contribution in [2.24, 2.45) is 0 Å². The molecule has 1 aliphatic rings. The number of aromatic nitrogens is 2. The Labute approximate surface area is 106 Å². The smallest absolute Gasteiger partial charge is 0.141 e. The minimum atomic E-state index is 1.06. The van der Waals surface area contributed by atoms with Gasteiger partial charge in [0.1, 0.15) is 5.82 Å². The van der Waals surface area contributed by atoms with E-state index in [-0.39, 0.29) is 0 Å². The highest BCUT2D eigenvalue weighted by molar-refractivity contribution is 5.81. The van der Waals surface area contributed by atoms with Crippen LogP contribution in [0.3, 0.4) is 0 Å². The highest BCUT2D eigenvalue weighted by Gasteiger charge is 2.17. The van der Waals surface area contributed by atoms with Crippen LogP contribution < -0.4 is 0 Å². The number of aryl methyl sites for hydroxylation is 2. The first-order valence-electron chi connectivity index (χ1n) is 6.47. The molecular weight excluding hydrogens is 220 g/mol. The molecule has 4 rings (SSSR count). The molecule has 0 saturated heterocycles. The molecule has 3 aromatic rings. The summed E-state index contributed by atoms with van der Waals surface area (Å²) in [5.74, 6) is 1.13. The number of hydrogen-bond donors (Lipinski definition) is 0. The Kier molecular flexibility index (Phi) is 2.04. The Morgan fingerprint density at radius 2 is 1.78 bits per heavy atom. The highest BCUT2D eigenvalue weighted by atomic mass is 15.1. The zero-order valence-corrected chi connectivity index (χ0v) is 10.1. The van der Waals surface area contributed by atoms with Crippen LogP contribution in [0.2, 0.25) is 0 Å². The summed E-state index contributed by atoms with van der Waals surface area (Å²) in [6.07, 6.45) is 2.33. The number of hydrogen-bond acceptors (Lipinski definition) is 1. The number of benzene rings is 2. The Balaban J connectivity index is 2.09. The van der Waals surface area contributed by atoms with Crippen LogP contribution in [0.5, 0.6) is 0 Å². The minimum absolute atomic E-state index is 1.06. The molecule has 18 heavy (non-hydrogen) atoms. The molecule has 0 aliphatic carbocycles. The van der Waals surface area contributed by atoms with Crippen molar-refractivity contribution in [2.45, 2.75) is 19.4 Å². The lowest BCUT2D eigenvalue weighted by Crippen LogP contribution is -1.97. The zero-order chi connectivity index (χ0) is 11.9. The predicted octanol–water partition coefficient (Wildman–Crippen LogP) is 3.65. The minimum Gasteiger partial charge on any atom is -0.324 e. The number of fused-ring (bicyclic) bond motifs is 5. The molecule has 0 saturated carbocycles. The van der Waals surface area contributed by atoms with Gasteiger partial charge in [-0.3, -0.25) is 0 Å². The summed E-state index contributed by atoms with van der Waals surface area (Å²) in [5.41, 5.74) is 5.08. The van der Waals surface area contributed by atoms with Crippen LogP contribution in [0.1, 0.15) is 12.0 Å². The van der Waals surface area contributed by atoms with Gasteiger partial charge in [0.05, 0.1) is 11.0 Å². The largest absolute Gasteiger partial charge is 0.324 e. The van der Waals surface area contributed by atoms with E-state index in [4.69, 9.17) is 4.98 Å². The summed E-state index contributed by atoms with van der Waals surface area (Å²) < 4.78 is 2.36. The van der Waals surface area contributed by atoms with Gasteiger partial charge in [-0.1, -0.05) is 36.4 Å². The van der Waals surface area contributed by atoms with Gasteiger partial charge in [0.2, 0.25) is 0 Å². The van der Waals surface area contributed by atoms with E-state index in [1.54, 1.807) is 0 Å². The van der Waals surface area contributed by atoms with Crippen molar-refractivity contribution in [3.8, 4) is 11.4 Å². The third-order valence-electron chi connectivity index (χ3n) is 3.74. The van der Waals surface area contributed by atoms with Crippen molar-refractivity contribution in [3.05, 3.63) is 54.1 Å². The molecule has 0 radical (unpaired) electrons. The van der Waals surface area contributed by atoms with Crippen LogP contribution in [0.15, 0.2) is 48.5 Å². The summed E-state index contributed by atoms with van der Waals surface area (Å²) in [6, 6.07) is 17.1. The lowest BCUT2D eigenvalue weighted by molar-refractivity contribution is 0.677. The molecule has 88 valence electrons. The Bertz CT molecular complexity index is 725. The first-order chi connectivity index (χ1) is 8.93. The lowest BCUT2D eigenvalue weighted by Gasteiger charge is -2.05. The molecule has 0 fully saturated rings. The van der Waals surface area contributed by atoms with E-state index in [0.717, 1.165) is 24.3 Å². The van der Waals surface area contributed by atoms with E-state index in [1.165, 1.54) is 23.1 Å². The second-order valence-corrected chi connectivity index (χ2v) is 4.84. The van der Waals surface area contributed by atoms with Gasteiger partial charge in [-0.2, -0.15) is 0 Å². The molecular formula is C16H14N2. The first kappa shape index (κ1) is 9.89. The molecule has 0 amide bonds. The molecule has 2 heteroatoms. The molecule has 0 N–H and O–H groups in total. The van der Waals surface area contributed by atoms with Crippen molar-refractivity contribution in [1.29, 1.82) is 0 Å². The Morgan fingerprint density at radius 3 is 2.78 bits per heavy atom. The maximum atomic E-state index is 4.82. The summed E-state index contributed by atoms with van der Waals surface area (Å²) >= 11 is 0. The van der Waals surface area contributed by atoms with Gasteiger partial charge in [0, 0.05) is 12.1 Å². The van der Waals surface area contributed by atoms with E-state index >= 15 is 0 Å². The van der Waals surface area contributed by atoms with Crippen molar-refractivity contribution in [3.63, 3.8) is 0 Å². The summed E-state index contributed by atoms with van der Waals surface area (Å²) in [6.45, 7) is 1.06. The molecule has 1 aromatic heterocycles. The highest BCUT2D eigenvalue weighted by Crippen LogP contribution is 2.30. The monoisotopic (exact) mass is 234 g/mol. The van der Waals surface area contributed by atoms with E-state index in [9.17, 15) is 0 Å².